The molecule has 1 unspecified atom stereocenters. The third kappa shape index (κ3) is 3.54. The second-order valence-corrected chi connectivity index (χ2v) is 8.30. The molecule has 1 aliphatic heterocycles. The molecule has 29 heavy (non-hydrogen) atoms. The quantitative estimate of drug-likeness (QED) is 0.560. The number of rotatable bonds is 3. The lowest BCUT2D eigenvalue weighted by atomic mass is 9.77. The van der Waals surface area contributed by atoms with Crippen molar-refractivity contribution >= 4 is 52.2 Å². The first-order chi connectivity index (χ1) is 13.9. The zero-order valence-corrected chi connectivity index (χ0v) is 17.9. The molecule has 0 saturated heterocycles. The first kappa shape index (κ1) is 20.3. The van der Waals surface area contributed by atoms with Gasteiger partial charge >= 0.3 is 0 Å². The van der Waals surface area contributed by atoms with Crippen molar-refractivity contribution in [3.05, 3.63) is 68.3 Å². The van der Waals surface area contributed by atoms with Crippen molar-refractivity contribution in [2.24, 2.45) is 0 Å². The van der Waals surface area contributed by atoms with Crippen molar-refractivity contribution in [1.29, 1.82) is 0 Å². The van der Waals surface area contributed by atoms with Crippen molar-refractivity contribution in [3.63, 3.8) is 0 Å². The number of nitrogens with zero attached hydrogens (tertiary/aromatic N) is 1. The number of methoxy groups -OCH3 is 1. The number of hydrogen-bond donors (Lipinski definition) is 0. The topological polar surface area (TPSA) is 46.6 Å². The van der Waals surface area contributed by atoms with Crippen LogP contribution in [0.4, 0.5) is 5.69 Å². The van der Waals surface area contributed by atoms with Gasteiger partial charge in [0.05, 0.1) is 17.8 Å². The van der Waals surface area contributed by atoms with Gasteiger partial charge in [-0.2, -0.15) is 0 Å². The summed E-state index contributed by atoms with van der Waals surface area (Å²) in [6.45, 7) is 0. The summed E-state index contributed by atoms with van der Waals surface area (Å²) in [5.41, 5.74) is 2.59. The average Bonchev–Trinajstić information content (AvgIpc) is 2.67. The highest BCUT2D eigenvalue weighted by molar-refractivity contribution is 6.36. The van der Waals surface area contributed by atoms with Crippen molar-refractivity contribution in [1.82, 2.24) is 0 Å². The summed E-state index contributed by atoms with van der Waals surface area (Å²) in [5.74, 6) is -0.0176. The first-order valence-corrected chi connectivity index (χ1v) is 10.4. The molecular formula is C22H18Cl3NO3. The number of anilines is 1. The number of hydrogen-bond acceptors (Lipinski definition) is 3. The van der Waals surface area contributed by atoms with Crippen LogP contribution in [0.3, 0.4) is 0 Å². The number of carbonyl (C=O) groups excluding carboxylic acids is 2. The van der Waals surface area contributed by atoms with Crippen molar-refractivity contribution in [2.45, 2.75) is 31.6 Å². The molecular weight excluding hydrogens is 433 g/mol. The molecule has 0 fully saturated rings. The average molecular weight is 451 g/mol. The number of Topliss-reactive ketones (excluding diaryl/α,β-unsaturated/α-hetero) is 1. The van der Waals surface area contributed by atoms with E-state index in [1.54, 1.807) is 41.3 Å². The third-order valence-electron chi connectivity index (χ3n) is 5.42. The minimum atomic E-state index is -0.448. The van der Waals surface area contributed by atoms with Crippen molar-refractivity contribution in [3.8, 4) is 5.75 Å². The summed E-state index contributed by atoms with van der Waals surface area (Å²) in [4.78, 5) is 27.8. The Labute approximate surface area is 184 Å². The lowest BCUT2D eigenvalue weighted by molar-refractivity contribution is -0.119. The molecule has 0 spiro atoms. The second kappa shape index (κ2) is 8.02. The van der Waals surface area contributed by atoms with Crippen LogP contribution >= 0.6 is 34.8 Å². The minimum Gasteiger partial charge on any atom is -0.495 e. The molecule has 0 N–H and O–H groups in total. The van der Waals surface area contributed by atoms with E-state index in [0.717, 1.165) is 0 Å². The Morgan fingerprint density at radius 3 is 2.38 bits per heavy atom. The Hall–Kier alpha value is -2.01. The normalized spacial score (nSPS) is 19.4. The fraction of sp³-hybridized carbons (Fsp3) is 0.273. The lowest BCUT2D eigenvalue weighted by Gasteiger charge is -2.38. The molecule has 0 saturated carbocycles. The third-order valence-corrected chi connectivity index (χ3v) is 6.37. The maximum absolute atomic E-state index is 13.2. The van der Waals surface area contributed by atoms with E-state index in [1.807, 2.05) is 0 Å². The summed E-state index contributed by atoms with van der Waals surface area (Å²) in [6, 6.07) is 10.4. The zero-order chi connectivity index (χ0) is 20.7. The fourth-order valence-corrected chi connectivity index (χ4v) is 5.09. The maximum Gasteiger partial charge on any atom is 0.232 e. The summed E-state index contributed by atoms with van der Waals surface area (Å²) in [7, 11) is 1.53. The summed E-state index contributed by atoms with van der Waals surface area (Å²) in [6.07, 6.45) is 1.86. The molecule has 0 bridgehead atoms. The number of benzene rings is 2. The highest BCUT2D eigenvalue weighted by Gasteiger charge is 2.41. The first-order valence-electron chi connectivity index (χ1n) is 9.29. The number of amides is 1. The van der Waals surface area contributed by atoms with Crippen LogP contribution in [0, 0.1) is 0 Å². The molecule has 0 aromatic heterocycles. The van der Waals surface area contributed by atoms with Gasteiger partial charge in [-0.3, -0.25) is 14.5 Å². The Kier molecular flexibility index (Phi) is 5.60. The monoisotopic (exact) mass is 449 g/mol. The molecule has 2 aromatic carbocycles. The second-order valence-electron chi connectivity index (χ2n) is 7.08. The molecule has 1 atom stereocenters. The molecule has 150 valence electrons. The summed E-state index contributed by atoms with van der Waals surface area (Å²) in [5, 5.41) is 1.32. The van der Waals surface area contributed by atoms with Gasteiger partial charge in [0.2, 0.25) is 5.91 Å². The van der Waals surface area contributed by atoms with Gasteiger partial charge in [0, 0.05) is 40.1 Å². The molecule has 2 aromatic rings. The van der Waals surface area contributed by atoms with Gasteiger partial charge in [0.1, 0.15) is 5.75 Å². The van der Waals surface area contributed by atoms with Crippen LogP contribution in [0.1, 0.15) is 37.2 Å². The van der Waals surface area contributed by atoms with Crippen LogP contribution in [-0.2, 0) is 9.59 Å². The largest absolute Gasteiger partial charge is 0.495 e. The Bertz CT molecular complexity index is 1030. The van der Waals surface area contributed by atoms with E-state index >= 15 is 0 Å². The Morgan fingerprint density at radius 1 is 1.00 bits per heavy atom. The molecule has 7 heteroatoms. The predicted molar refractivity (Wildman–Crippen MR) is 115 cm³/mol. The number of ether oxygens (including phenoxy) is 1. The van der Waals surface area contributed by atoms with Gasteiger partial charge in [-0.05, 0) is 48.7 Å². The van der Waals surface area contributed by atoms with E-state index in [9.17, 15) is 9.59 Å². The Balaban J connectivity index is 1.88. The van der Waals surface area contributed by atoms with E-state index in [4.69, 9.17) is 39.5 Å². The summed E-state index contributed by atoms with van der Waals surface area (Å²) >= 11 is 19.1. The van der Waals surface area contributed by atoms with Gasteiger partial charge in [-0.1, -0.05) is 40.9 Å². The fourth-order valence-electron chi connectivity index (χ4n) is 4.18. The molecule has 4 nitrogen and oxygen atoms in total. The molecule has 1 amide bonds. The van der Waals surface area contributed by atoms with Crippen LogP contribution in [-0.4, -0.2) is 18.8 Å². The van der Waals surface area contributed by atoms with Gasteiger partial charge in [-0.15, -0.1) is 0 Å². The number of allylic oxidation sites excluding steroid dienone is 2. The predicted octanol–water partition coefficient (Wildman–Crippen LogP) is 6.18. The summed E-state index contributed by atoms with van der Waals surface area (Å²) < 4.78 is 5.21. The zero-order valence-electron chi connectivity index (χ0n) is 15.7. The van der Waals surface area contributed by atoms with Gasteiger partial charge < -0.3 is 4.74 Å². The van der Waals surface area contributed by atoms with Crippen LogP contribution < -0.4 is 9.64 Å². The van der Waals surface area contributed by atoms with E-state index in [0.29, 0.717) is 62.6 Å². The number of ketones is 1. The molecule has 0 radical (unpaired) electrons. The van der Waals surface area contributed by atoms with Gasteiger partial charge in [0.25, 0.3) is 0 Å². The molecule has 1 aliphatic carbocycles. The number of halogens is 3. The van der Waals surface area contributed by atoms with Gasteiger partial charge in [-0.25, -0.2) is 0 Å². The maximum atomic E-state index is 13.2. The van der Waals surface area contributed by atoms with E-state index in [1.165, 1.54) is 7.11 Å². The van der Waals surface area contributed by atoms with E-state index in [-0.39, 0.29) is 18.1 Å². The Morgan fingerprint density at radius 2 is 1.72 bits per heavy atom. The smallest absolute Gasteiger partial charge is 0.232 e. The molecule has 4 rings (SSSR count). The lowest BCUT2D eigenvalue weighted by Crippen LogP contribution is -2.40. The van der Waals surface area contributed by atoms with E-state index < -0.39 is 5.92 Å². The highest BCUT2D eigenvalue weighted by Crippen LogP contribution is 2.47. The van der Waals surface area contributed by atoms with Gasteiger partial charge in [0.15, 0.2) is 5.78 Å². The van der Waals surface area contributed by atoms with Crippen LogP contribution in [0.2, 0.25) is 15.1 Å². The van der Waals surface area contributed by atoms with Crippen molar-refractivity contribution in [2.75, 3.05) is 12.0 Å². The minimum absolute atomic E-state index is 0.0318. The van der Waals surface area contributed by atoms with E-state index in [2.05, 4.69) is 0 Å². The number of carbonyl (C=O) groups is 2. The highest BCUT2D eigenvalue weighted by atomic mass is 35.5. The van der Waals surface area contributed by atoms with Crippen LogP contribution in [0.25, 0.3) is 0 Å². The molecule has 2 aliphatic rings. The van der Waals surface area contributed by atoms with Crippen LogP contribution in [0.5, 0.6) is 5.75 Å². The molecule has 1 heterocycles. The standard InChI is InChI=1S/C22H18Cl3NO3/c1-29-19-9-8-12(10-16(19)25)26-17-6-3-7-18(27)22(17)13(11-20(26)28)21-14(23)4-2-5-15(21)24/h2,4-5,8-10,13H,3,6-7,11H2,1H3. The van der Waals surface area contributed by atoms with Crippen LogP contribution in [0.15, 0.2) is 47.7 Å². The van der Waals surface area contributed by atoms with Crippen molar-refractivity contribution < 1.29 is 14.3 Å². The SMILES string of the molecule is COc1ccc(N2C(=O)CC(c3c(Cl)cccc3Cl)C3=C2CCCC3=O)cc1Cl.